The van der Waals surface area contributed by atoms with Crippen LogP contribution in [0.2, 0.25) is 0 Å². The highest BCUT2D eigenvalue weighted by molar-refractivity contribution is 9.10. The number of aromatic nitrogens is 1. The molecule has 0 saturated carbocycles. The fraction of sp³-hybridized carbons (Fsp3) is 0.250. The van der Waals surface area contributed by atoms with Crippen LogP contribution in [0.3, 0.4) is 0 Å². The Morgan fingerprint density at radius 3 is 2.70 bits per heavy atom. The second kappa shape index (κ2) is 6.95. The third-order valence-corrected chi connectivity index (χ3v) is 3.96. The predicted molar refractivity (Wildman–Crippen MR) is 86.3 cm³/mol. The first kappa shape index (κ1) is 15.7. The van der Waals surface area contributed by atoms with Crippen LogP contribution in [0.5, 0.6) is 11.5 Å². The number of nitrogens with one attached hydrogen (secondary N) is 1. The maximum atomic E-state index is 13.1. The summed E-state index contributed by atoms with van der Waals surface area (Å²) in [5, 5.41) is 2.81. The highest BCUT2D eigenvalue weighted by atomic mass is 79.9. The first-order valence-electron chi connectivity index (χ1n) is 7.10. The van der Waals surface area contributed by atoms with Crippen molar-refractivity contribution < 1.29 is 18.7 Å². The lowest BCUT2D eigenvalue weighted by Crippen LogP contribution is -2.17. The minimum absolute atomic E-state index is 0.174. The van der Waals surface area contributed by atoms with Gasteiger partial charge in [0.1, 0.15) is 19.0 Å². The van der Waals surface area contributed by atoms with Gasteiger partial charge in [0.2, 0.25) is 5.91 Å². The summed E-state index contributed by atoms with van der Waals surface area (Å²) in [6.45, 7) is 0.988. The van der Waals surface area contributed by atoms with E-state index >= 15 is 0 Å². The minimum Gasteiger partial charge on any atom is -0.486 e. The molecule has 5 nitrogen and oxygen atoms in total. The van der Waals surface area contributed by atoms with Crippen LogP contribution in [0.1, 0.15) is 12.0 Å². The van der Waals surface area contributed by atoms with Crippen LogP contribution in [0.4, 0.5) is 10.1 Å². The predicted octanol–water partition coefficient (Wildman–Crippen LogP) is 3.33. The number of amides is 1. The smallest absolute Gasteiger partial charge is 0.224 e. The molecule has 0 atom stereocenters. The average molecular weight is 381 g/mol. The van der Waals surface area contributed by atoms with Crippen LogP contribution in [0.25, 0.3) is 0 Å². The number of benzene rings is 1. The standard InChI is InChI=1S/C16H14BrFN2O3/c17-12-6-14-15(23-4-3-22-14)7-13(12)20-16(21)2-1-10-5-11(18)9-19-8-10/h5-9H,1-4H2,(H,20,21). The zero-order valence-electron chi connectivity index (χ0n) is 12.1. The Balaban J connectivity index is 1.63. The molecule has 23 heavy (non-hydrogen) atoms. The van der Waals surface area contributed by atoms with E-state index in [2.05, 4.69) is 26.2 Å². The maximum Gasteiger partial charge on any atom is 0.224 e. The second-order valence-corrected chi connectivity index (χ2v) is 5.89. The quantitative estimate of drug-likeness (QED) is 0.883. The number of fused-ring (bicyclic) bond motifs is 1. The van der Waals surface area contributed by atoms with Gasteiger partial charge in [-0.15, -0.1) is 0 Å². The lowest BCUT2D eigenvalue weighted by atomic mass is 10.1. The van der Waals surface area contributed by atoms with E-state index in [9.17, 15) is 9.18 Å². The zero-order valence-corrected chi connectivity index (χ0v) is 13.7. The SMILES string of the molecule is O=C(CCc1cncc(F)c1)Nc1cc2c(cc1Br)OCCO2. The number of rotatable bonds is 4. The summed E-state index contributed by atoms with van der Waals surface area (Å²) in [5.41, 5.74) is 1.29. The van der Waals surface area contributed by atoms with Gasteiger partial charge in [-0.05, 0) is 34.0 Å². The molecule has 0 spiro atoms. The fourth-order valence-electron chi connectivity index (χ4n) is 2.22. The van der Waals surface area contributed by atoms with Gasteiger partial charge in [-0.2, -0.15) is 0 Å². The Labute approximate surface area is 140 Å². The van der Waals surface area contributed by atoms with Crippen molar-refractivity contribution in [1.82, 2.24) is 4.98 Å². The molecule has 0 saturated heterocycles. The van der Waals surface area contributed by atoms with Gasteiger partial charge in [0.05, 0.1) is 11.9 Å². The monoisotopic (exact) mass is 380 g/mol. The van der Waals surface area contributed by atoms with E-state index in [4.69, 9.17) is 9.47 Å². The normalized spacial score (nSPS) is 12.8. The number of aryl methyl sites for hydroxylation is 1. The number of hydrogen-bond acceptors (Lipinski definition) is 4. The molecular formula is C16H14BrFN2O3. The number of halogens is 2. The molecule has 0 aliphatic carbocycles. The van der Waals surface area contributed by atoms with Gasteiger partial charge in [-0.1, -0.05) is 0 Å². The topological polar surface area (TPSA) is 60.5 Å². The van der Waals surface area contributed by atoms with Crippen LogP contribution in [-0.4, -0.2) is 24.1 Å². The number of carbonyl (C=O) groups excluding carboxylic acids is 1. The second-order valence-electron chi connectivity index (χ2n) is 5.04. The molecular weight excluding hydrogens is 367 g/mol. The summed E-state index contributed by atoms with van der Waals surface area (Å²) in [5.74, 6) is 0.667. The molecule has 2 aromatic rings. The van der Waals surface area contributed by atoms with Crippen molar-refractivity contribution in [2.45, 2.75) is 12.8 Å². The molecule has 7 heteroatoms. The maximum absolute atomic E-state index is 13.1. The lowest BCUT2D eigenvalue weighted by molar-refractivity contribution is -0.116. The molecule has 120 valence electrons. The van der Waals surface area contributed by atoms with Gasteiger partial charge in [-0.25, -0.2) is 4.39 Å². The molecule has 1 aromatic carbocycles. The molecule has 1 N–H and O–H groups in total. The van der Waals surface area contributed by atoms with Gasteiger partial charge in [0.25, 0.3) is 0 Å². The third-order valence-electron chi connectivity index (χ3n) is 3.31. The van der Waals surface area contributed by atoms with Crippen LogP contribution in [-0.2, 0) is 11.2 Å². The van der Waals surface area contributed by atoms with Crippen molar-refractivity contribution in [2.75, 3.05) is 18.5 Å². The Kier molecular flexibility index (Phi) is 4.76. The number of carbonyl (C=O) groups is 1. The highest BCUT2D eigenvalue weighted by Crippen LogP contribution is 2.38. The van der Waals surface area contributed by atoms with E-state index in [0.29, 0.717) is 46.9 Å². The van der Waals surface area contributed by atoms with Crippen LogP contribution < -0.4 is 14.8 Å². The Hall–Kier alpha value is -2.15. The number of ether oxygens (including phenoxy) is 2. The summed E-state index contributed by atoms with van der Waals surface area (Å²) in [7, 11) is 0. The average Bonchev–Trinajstić information content (AvgIpc) is 2.54. The van der Waals surface area contributed by atoms with Gasteiger partial charge in [0.15, 0.2) is 11.5 Å². The van der Waals surface area contributed by atoms with Crippen molar-refractivity contribution in [2.24, 2.45) is 0 Å². The first-order valence-corrected chi connectivity index (χ1v) is 7.89. The lowest BCUT2D eigenvalue weighted by Gasteiger charge is -2.20. The van der Waals surface area contributed by atoms with Crippen molar-refractivity contribution in [3.8, 4) is 11.5 Å². The highest BCUT2D eigenvalue weighted by Gasteiger charge is 2.16. The largest absolute Gasteiger partial charge is 0.486 e. The van der Waals surface area contributed by atoms with E-state index in [-0.39, 0.29) is 12.3 Å². The van der Waals surface area contributed by atoms with Gasteiger partial charge >= 0.3 is 0 Å². The van der Waals surface area contributed by atoms with Crippen molar-refractivity contribution in [3.05, 3.63) is 46.4 Å². The summed E-state index contributed by atoms with van der Waals surface area (Å²) in [4.78, 5) is 15.8. The van der Waals surface area contributed by atoms with Crippen LogP contribution >= 0.6 is 15.9 Å². The zero-order chi connectivity index (χ0) is 16.2. The number of nitrogens with zero attached hydrogens (tertiary/aromatic N) is 1. The summed E-state index contributed by atoms with van der Waals surface area (Å²) >= 11 is 3.40. The van der Waals surface area contributed by atoms with Crippen molar-refractivity contribution in [1.29, 1.82) is 0 Å². The summed E-state index contributed by atoms with van der Waals surface area (Å²) in [6, 6.07) is 4.86. The van der Waals surface area contributed by atoms with E-state index in [1.165, 1.54) is 6.07 Å². The molecule has 0 fully saturated rings. The molecule has 2 heterocycles. The Morgan fingerprint density at radius 1 is 1.22 bits per heavy atom. The van der Waals surface area contributed by atoms with E-state index in [1.54, 1.807) is 18.3 Å². The third kappa shape index (κ3) is 3.98. The van der Waals surface area contributed by atoms with E-state index in [0.717, 1.165) is 6.20 Å². The molecule has 1 aliphatic rings. The summed E-state index contributed by atoms with van der Waals surface area (Å²) in [6.07, 6.45) is 3.33. The molecule has 0 radical (unpaired) electrons. The molecule has 3 rings (SSSR count). The molecule has 1 amide bonds. The van der Waals surface area contributed by atoms with Crippen molar-refractivity contribution >= 4 is 27.5 Å². The number of pyridine rings is 1. The first-order chi connectivity index (χ1) is 11.1. The molecule has 1 aromatic heterocycles. The van der Waals surface area contributed by atoms with Gasteiger partial charge in [-0.3, -0.25) is 9.78 Å². The van der Waals surface area contributed by atoms with Crippen LogP contribution in [0.15, 0.2) is 35.1 Å². The van der Waals surface area contributed by atoms with Gasteiger partial charge in [0, 0.05) is 29.2 Å². The molecule has 0 bridgehead atoms. The Bertz CT molecular complexity index is 739. The fourth-order valence-corrected chi connectivity index (χ4v) is 2.64. The number of hydrogen-bond donors (Lipinski definition) is 1. The molecule has 0 unspecified atom stereocenters. The minimum atomic E-state index is -0.405. The van der Waals surface area contributed by atoms with Gasteiger partial charge < -0.3 is 14.8 Å². The Morgan fingerprint density at radius 2 is 1.96 bits per heavy atom. The van der Waals surface area contributed by atoms with E-state index in [1.807, 2.05) is 0 Å². The van der Waals surface area contributed by atoms with Crippen LogP contribution in [0, 0.1) is 5.82 Å². The van der Waals surface area contributed by atoms with Crippen molar-refractivity contribution in [3.63, 3.8) is 0 Å². The number of anilines is 1. The summed E-state index contributed by atoms with van der Waals surface area (Å²) < 4.78 is 24.7. The van der Waals surface area contributed by atoms with E-state index < -0.39 is 5.82 Å². The molecule has 1 aliphatic heterocycles.